The smallest absolute Gasteiger partial charge is 0.276 e. The van der Waals surface area contributed by atoms with Crippen molar-refractivity contribution in [2.75, 3.05) is 21.3 Å². The van der Waals surface area contributed by atoms with Crippen LogP contribution in [0.3, 0.4) is 0 Å². The van der Waals surface area contributed by atoms with Gasteiger partial charge in [-0.15, -0.1) is 0 Å². The lowest BCUT2D eigenvalue weighted by Crippen LogP contribution is -2.31. The first-order valence-corrected chi connectivity index (χ1v) is 8.27. The Morgan fingerprint density at radius 2 is 1.74 bits per heavy atom. The molecule has 144 valence electrons. The molecule has 1 aromatic carbocycles. The summed E-state index contributed by atoms with van der Waals surface area (Å²) in [6.07, 6.45) is 3.05. The Morgan fingerprint density at radius 3 is 2.33 bits per heavy atom. The number of benzene rings is 1. The third-order valence-corrected chi connectivity index (χ3v) is 3.88. The first-order chi connectivity index (χ1) is 12.9. The van der Waals surface area contributed by atoms with Crippen molar-refractivity contribution in [3.8, 4) is 17.2 Å². The zero-order chi connectivity index (χ0) is 20.0. The quantitative estimate of drug-likeness (QED) is 0.594. The molecule has 27 heavy (non-hydrogen) atoms. The zero-order valence-electron chi connectivity index (χ0n) is 16.0. The monoisotopic (exact) mass is 373 g/mol. The molecule has 1 amide bonds. The molecule has 1 N–H and O–H groups in total. The van der Waals surface area contributed by atoms with E-state index in [0.717, 1.165) is 0 Å². The SMILES string of the molecule is COc1cc(OC)c(OC)cc1/C=N\NC(=O)c1cccn(C(C)C)c1=O. The second-order valence-electron chi connectivity index (χ2n) is 5.88. The number of hydrogen-bond acceptors (Lipinski definition) is 6. The van der Waals surface area contributed by atoms with Gasteiger partial charge < -0.3 is 18.8 Å². The summed E-state index contributed by atoms with van der Waals surface area (Å²) in [7, 11) is 4.55. The number of hydrogen-bond donors (Lipinski definition) is 1. The number of pyridine rings is 1. The van der Waals surface area contributed by atoms with E-state index in [-0.39, 0.29) is 17.2 Å². The second-order valence-corrected chi connectivity index (χ2v) is 5.88. The van der Waals surface area contributed by atoms with Gasteiger partial charge in [-0.3, -0.25) is 9.59 Å². The molecule has 0 aliphatic heterocycles. The average molecular weight is 373 g/mol. The van der Waals surface area contributed by atoms with Crippen LogP contribution in [0.2, 0.25) is 0 Å². The highest BCUT2D eigenvalue weighted by molar-refractivity contribution is 5.94. The fourth-order valence-electron chi connectivity index (χ4n) is 2.46. The van der Waals surface area contributed by atoms with E-state index in [2.05, 4.69) is 10.5 Å². The van der Waals surface area contributed by atoms with Crippen molar-refractivity contribution in [2.24, 2.45) is 5.10 Å². The molecule has 0 fully saturated rings. The molecule has 0 saturated heterocycles. The molecule has 0 radical (unpaired) electrons. The van der Waals surface area contributed by atoms with Gasteiger partial charge in [-0.25, -0.2) is 5.43 Å². The van der Waals surface area contributed by atoms with Crippen molar-refractivity contribution in [2.45, 2.75) is 19.9 Å². The van der Waals surface area contributed by atoms with Gasteiger partial charge in [0.25, 0.3) is 11.5 Å². The minimum atomic E-state index is -0.592. The lowest BCUT2D eigenvalue weighted by atomic mass is 10.2. The van der Waals surface area contributed by atoms with Crippen LogP contribution in [0, 0.1) is 0 Å². The number of rotatable bonds is 7. The summed E-state index contributed by atoms with van der Waals surface area (Å²) in [5, 5.41) is 3.92. The zero-order valence-corrected chi connectivity index (χ0v) is 16.0. The Balaban J connectivity index is 2.24. The van der Waals surface area contributed by atoms with Gasteiger partial charge in [0.1, 0.15) is 11.3 Å². The van der Waals surface area contributed by atoms with E-state index in [1.807, 2.05) is 13.8 Å². The molecular formula is C19H23N3O5. The van der Waals surface area contributed by atoms with Crippen LogP contribution in [0.5, 0.6) is 17.2 Å². The van der Waals surface area contributed by atoms with Crippen molar-refractivity contribution in [3.05, 3.63) is 51.9 Å². The molecule has 0 spiro atoms. The molecule has 1 heterocycles. The third-order valence-electron chi connectivity index (χ3n) is 3.88. The Bertz CT molecular complexity index is 903. The van der Waals surface area contributed by atoms with Gasteiger partial charge >= 0.3 is 0 Å². The lowest BCUT2D eigenvalue weighted by Gasteiger charge is -2.12. The summed E-state index contributed by atoms with van der Waals surface area (Å²) >= 11 is 0. The Hall–Kier alpha value is -3.29. The predicted octanol–water partition coefficient (Wildman–Crippen LogP) is 2.22. The molecule has 0 unspecified atom stereocenters. The van der Waals surface area contributed by atoms with Gasteiger partial charge in [-0.2, -0.15) is 5.10 Å². The number of aromatic nitrogens is 1. The van der Waals surface area contributed by atoms with Gasteiger partial charge in [0, 0.05) is 23.9 Å². The summed E-state index contributed by atoms with van der Waals surface area (Å²) in [6, 6.07) is 6.38. The minimum absolute atomic E-state index is 0.0163. The standard InChI is InChI=1S/C19H23N3O5/c1-12(2)22-8-6-7-14(19(22)24)18(23)21-20-11-13-9-16(26-4)17(27-5)10-15(13)25-3/h6-12H,1-5H3,(H,21,23)/b20-11-. The lowest BCUT2D eigenvalue weighted by molar-refractivity contribution is 0.0953. The number of carbonyl (C=O) groups is 1. The molecule has 2 aromatic rings. The number of carbonyl (C=O) groups excluding carboxylic acids is 1. The maximum atomic E-state index is 12.3. The van der Waals surface area contributed by atoms with Gasteiger partial charge in [0.15, 0.2) is 11.5 Å². The minimum Gasteiger partial charge on any atom is -0.496 e. The average Bonchev–Trinajstić information content (AvgIpc) is 2.67. The molecular weight excluding hydrogens is 350 g/mol. The van der Waals surface area contributed by atoms with E-state index in [0.29, 0.717) is 22.8 Å². The van der Waals surface area contributed by atoms with Crippen LogP contribution in [0.4, 0.5) is 0 Å². The summed E-state index contributed by atoms with van der Waals surface area (Å²) < 4.78 is 17.3. The summed E-state index contributed by atoms with van der Waals surface area (Å²) in [5.74, 6) is 0.904. The number of hydrazone groups is 1. The number of nitrogens with one attached hydrogen (secondary N) is 1. The fraction of sp³-hybridized carbons (Fsp3) is 0.316. The van der Waals surface area contributed by atoms with Crippen molar-refractivity contribution < 1.29 is 19.0 Å². The maximum absolute atomic E-state index is 12.3. The summed E-state index contributed by atoms with van der Waals surface area (Å²) in [4.78, 5) is 24.6. The van der Waals surface area contributed by atoms with E-state index in [1.165, 1.54) is 38.2 Å². The Kier molecular flexibility index (Phi) is 6.59. The van der Waals surface area contributed by atoms with Crippen LogP contribution < -0.4 is 25.2 Å². The van der Waals surface area contributed by atoms with Crippen LogP contribution in [0.15, 0.2) is 40.4 Å². The van der Waals surface area contributed by atoms with Crippen molar-refractivity contribution in [1.29, 1.82) is 0 Å². The molecule has 1 aromatic heterocycles. The molecule has 0 saturated carbocycles. The van der Waals surface area contributed by atoms with Gasteiger partial charge in [-0.1, -0.05) is 0 Å². The molecule has 2 rings (SSSR count). The third kappa shape index (κ3) is 4.46. The van der Waals surface area contributed by atoms with Crippen molar-refractivity contribution >= 4 is 12.1 Å². The predicted molar refractivity (Wildman–Crippen MR) is 102 cm³/mol. The molecule has 0 aliphatic carbocycles. The van der Waals surface area contributed by atoms with Crippen LogP contribution in [-0.4, -0.2) is 38.0 Å². The second kappa shape index (κ2) is 8.88. The van der Waals surface area contributed by atoms with E-state index >= 15 is 0 Å². The van der Waals surface area contributed by atoms with E-state index < -0.39 is 5.91 Å². The fourth-order valence-corrected chi connectivity index (χ4v) is 2.46. The topological polar surface area (TPSA) is 91.2 Å². The van der Waals surface area contributed by atoms with Crippen LogP contribution >= 0.6 is 0 Å². The normalized spacial score (nSPS) is 10.9. The van der Waals surface area contributed by atoms with Gasteiger partial charge in [0.2, 0.25) is 0 Å². The van der Waals surface area contributed by atoms with Gasteiger partial charge in [0.05, 0.1) is 27.5 Å². The first-order valence-electron chi connectivity index (χ1n) is 8.27. The van der Waals surface area contributed by atoms with Crippen molar-refractivity contribution in [3.63, 3.8) is 0 Å². The van der Waals surface area contributed by atoms with E-state index in [9.17, 15) is 9.59 Å². The molecule has 0 bridgehead atoms. The molecule has 0 atom stereocenters. The highest BCUT2D eigenvalue weighted by Crippen LogP contribution is 2.33. The van der Waals surface area contributed by atoms with Crippen LogP contribution in [0.25, 0.3) is 0 Å². The maximum Gasteiger partial charge on any atom is 0.276 e. The Morgan fingerprint density at radius 1 is 1.11 bits per heavy atom. The van der Waals surface area contributed by atoms with Crippen molar-refractivity contribution in [1.82, 2.24) is 9.99 Å². The highest BCUT2D eigenvalue weighted by Gasteiger charge is 2.13. The molecule has 8 nitrogen and oxygen atoms in total. The van der Waals surface area contributed by atoms with Gasteiger partial charge in [-0.05, 0) is 32.0 Å². The molecule has 8 heteroatoms. The number of nitrogens with zero attached hydrogens (tertiary/aromatic N) is 2. The Labute approximate surface area is 157 Å². The number of amides is 1. The number of ether oxygens (including phenoxy) is 3. The summed E-state index contributed by atoms with van der Waals surface area (Å²) in [6.45, 7) is 3.73. The highest BCUT2D eigenvalue weighted by atomic mass is 16.5. The first kappa shape index (κ1) is 20.0. The largest absolute Gasteiger partial charge is 0.496 e. The van der Waals surface area contributed by atoms with Crippen LogP contribution in [0.1, 0.15) is 35.8 Å². The molecule has 0 aliphatic rings. The van der Waals surface area contributed by atoms with E-state index in [4.69, 9.17) is 14.2 Å². The summed E-state index contributed by atoms with van der Waals surface area (Å²) in [5.41, 5.74) is 2.58. The number of methoxy groups -OCH3 is 3. The van der Waals surface area contributed by atoms with Crippen LogP contribution in [-0.2, 0) is 0 Å². The van der Waals surface area contributed by atoms with E-state index in [1.54, 1.807) is 24.4 Å².